The minimum absolute atomic E-state index is 0.116. The lowest BCUT2D eigenvalue weighted by Gasteiger charge is -2.40. The second kappa shape index (κ2) is 11.1. The zero-order valence-corrected chi connectivity index (χ0v) is 18.7. The number of nitrogens with one attached hydrogen (secondary N) is 2. The van der Waals surface area contributed by atoms with Crippen LogP contribution in [0.2, 0.25) is 0 Å². The number of carbonyl (C=O) groups is 2. The summed E-state index contributed by atoms with van der Waals surface area (Å²) in [5, 5.41) is 14.5. The van der Waals surface area contributed by atoms with Gasteiger partial charge in [-0.05, 0) is 35.9 Å². The third-order valence-corrected chi connectivity index (χ3v) is 5.90. The summed E-state index contributed by atoms with van der Waals surface area (Å²) in [4.78, 5) is 33.9. The fourth-order valence-corrected chi connectivity index (χ4v) is 4.10. The molecule has 2 aromatic carbocycles. The number of pyridine rings is 1. The fraction of sp³-hybridized carbons (Fsp3) is 0.231. The molecule has 1 fully saturated rings. The van der Waals surface area contributed by atoms with E-state index in [0.717, 1.165) is 31.7 Å². The molecule has 1 aromatic heterocycles. The zero-order valence-electron chi connectivity index (χ0n) is 18.7. The first-order chi connectivity index (χ1) is 16.7. The molecule has 1 atom stereocenters. The highest BCUT2D eigenvalue weighted by molar-refractivity contribution is 6.39. The molecular weight excluding hydrogens is 428 g/mol. The van der Waals surface area contributed by atoms with Crippen molar-refractivity contribution in [1.82, 2.24) is 15.2 Å². The highest BCUT2D eigenvalue weighted by atomic mass is 16.2. The molecule has 4 rings (SSSR count). The van der Waals surface area contributed by atoms with E-state index in [2.05, 4.69) is 37.6 Å². The average Bonchev–Trinajstić information content (AvgIpc) is 2.90. The highest BCUT2D eigenvalue weighted by Crippen LogP contribution is 2.23. The first-order valence-electron chi connectivity index (χ1n) is 11.2. The summed E-state index contributed by atoms with van der Waals surface area (Å²) in [6.45, 7) is 3.61. The summed E-state index contributed by atoms with van der Waals surface area (Å²) in [6.07, 6.45) is 3.51. The normalized spacial score (nSPS) is 14.6. The maximum absolute atomic E-state index is 12.6. The van der Waals surface area contributed by atoms with E-state index in [9.17, 15) is 14.9 Å². The number of rotatable bonds is 6. The summed E-state index contributed by atoms with van der Waals surface area (Å²) < 4.78 is 0. The Balaban J connectivity index is 1.40. The Morgan fingerprint density at radius 1 is 0.941 bits per heavy atom. The maximum atomic E-state index is 12.6. The second-order valence-electron chi connectivity index (χ2n) is 7.98. The van der Waals surface area contributed by atoms with Crippen LogP contribution in [0.1, 0.15) is 17.2 Å². The predicted octanol–water partition coefficient (Wildman–Crippen LogP) is 2.57. The molecule has 3 aromatic rings. The minimum atomic E-state index is -0.804. The van der Waals surface area contributed by atoms with E-state index in [4.69, 9.17) is 0 Å². The van der Waals surface area contributed by atoms with E-state index in [0.29, 0.717) is 11.3 Å². The molecule has 0 aliphatic carbocycles. The van der Waals surface area contributed by atoms with Crippen LogP contribution in [0.15, 0.2) is 79.1 Å². The molecule has 8 heteroatoms. The number of aromatic nitrogens is 1. The van der Waals surface area contributed by atoms with Crippen LogP contribution in [0.25, 0.3) is 0 Å². The van der Waals surface area contributed by atoms with Gasteiger partial charge in [0, 0.05) is 50.8 Å². The second-order valence-corrected chi connectivity index (χ2v) is 7.98. The summed E-state index contributed by atoms with van der Waals surface area (Å²) in [5.74, 6) is -1.55. The van der Waals surface area contributed by atoms with Crippen molar-refractivity contribution in [3.63, 3.8) is 0 Å². The predicted molar refractivity (Wildman–Crippen MR) is 130 cm³/mol. The number of benzene rings is 2. The molecule has 1 aliphatic rings. The van der Waals surface area contributed by atoms with Crippen LogP contribution in [-0.2, 0) is 9.59 Å². The number of hydrogen-bond acceptors (Lipinski definition) is 6. The van der Waals surface area contributed by atoms with Crippen LogP contribution < -0.4 is 15.5 Å². The molecule has 8 nitrogen and oxygen atoms in total. The largest absolute Gasteiger partial charge is 0.369 e. The molecule has 0 unspecified atom stereocenters. The van der Waals surface area contributed by atoms with Gasteiger partial charge in [0.15, 0.2) is 0 Å². The Labute approximate surface area is 198 Å². The Hall–Kier alpha value is -4.22. The van der Waals surface area contributed by atoms with E-state index in [-0.39, 0.29) is 12.6 Å². The molecular formula is C26H26N6O2. The van der Waals surface area contributed by atoms with Gasteiger partial charge in [-0.3, -0.25) is 19.5 Å². The minimum Gasteiger partial charge on any atom is -0.369 e. The van der Waals surface area contributed by atoms with Gasteiger partial charge < -0.3 is 15.5 Å². The zero-order chi connectivity index (χ0) is 23.8. The van der Waals surface area contributed by atoms with Gasteiger partial charge in [-0.2, -0.15) is 5.26 Å². The van der Waals surface area contributed by atoms with Crippen molar-refractivity contribution in [1.29, 1.82) is 5.26 Å². The molecule has 1 saturated heterocycles. The first-order valence-corrected chi connectivity index (χ1v) is 11.2. The van der Waals surface area contributed by atoms with Gasteiger partial charge in [0.1, 0.15) is 6.07 Å². The average molecular weight is 455 g/mol. The lowest BCUT2D eigenvalue weighted by molar-refractivity contribution is -0.136. The van der Waals surface area contributed by atoms with Gasteiger partial charge >= 0.3 is 11.8 Å². The third-order valence-electron chi connectivity index (χ3n) is 5.90. The maximum Gasteiger partial charge on any atom is 0.313 e. The molecule has 172 valence electrons. The molecule has 0 radical (unpaired) electrons. The van der Waals surface area contributed by atoms with Crippen LogP contribution in [0, 0.1) is 11.3 Å². The third kappa shape index (κ3) is 5.57. The van der Waals surface area contributed by atoms with Gasteiger partial charge in [-0.25, -0.2) is 0 Å². The lowest BCUT2D eigenvalue weighted by atomic mass is 10.1. The number of carbonyl (C=O) groups excluding carboxylic acids is 2. The van der Waals surface area contributed by atoms with Crippen LogP contribution in [0.4, 0.5) is 11.4 Å². The van der Waals surface area contributed by atoms with Crippen molar-refractivity contribution in [2.75, 3.05) is 42.9 Å². The van der Waals surface area contributed by atoms with Crippen LogP contribution in [0.3, 0.4) is 0 Å². The number of para-hydroxylation sites is 2. The Kier molecular flexibility index (Phi) is 7.48. The van der Waals surface area contributed by atoms with Gasteiger partial charge in [-0.1, -0.05) is 36.4 Å². The first kappa shape index (κ1) is 23.0. The topological polar surface area (TPSA) is 101 Å². The molecule has 34 heavy (non-hydrogen) atoms. The Morgan fingerprint density at radius 2 is 1.68 bits per heavy atom. The number of amides is 2. The van der Waals surface area contributed by atoms with Crippen molar-refractivity contribution in [2.24, 2.45) is 0 Å². The van der Waals surface area contributed by atoms with Crippen molar-refractivity contribution in [3.05, 3.63) is 90.3 Å². The van der Waals surface area contributed by atoms with Gasteiger partial charge in [0.2, 0.25) is 0 Å². The van der Waals surface area contributed by atoms with E-state index >= 15 is 0 Å². The monoisotopic (exact) mass is 454 g/mol. The number of hydrogen-bond donors (Lipinski definition) is 2. The van der Waals surface area contributed by atoms with E-state index in [1.165, 1.54) is 5.69 Å². The van der Waals surface area contributed by atoms with Crippen molar-refractivity contribution in [3.8, 4) is 6.07 Å². The number of anilines is 2. The molecule has 2 amide bonds. The number of piperazine rings is 1. The SMILES string of the molecule is N#Cc1ccccc1NC(=O)C(=O)NC[C@@H](c1cccnc1)N1CCN(c2ccccc2)CC1. The van der Waals surface area contributed by atoms with E-state index < -0.39 is 11.8 Å². The molecule has 0 spiro atoms. The van der Waals surface area contributed by atoms with Crippen molar-refractivity contribution < 1.29 is 9.59 Å². The number of nitriles is 1. The van der Waals surface area contributed by atoms with Gasteiger partial charge in [0.05, 0.1) is 17.3 Å². The Morgan fingerprint density at radius 3 is 2.38 bits per heavy atom. The lowest BCUT2D eigenvalue weighted by Crippen LogP contribution is -2.50. The summed E-state index contributed by atoms with van der Waals surface area (Å²) in [7, 11) is 0. The van der Waals surface area contributed by atoms with Crippen LogP contribution >= 0.6 is 0 Å². The Bertz CT molecular complexity index is 1150. The van der Waals surface area contributed by atoms with Crippen molar-refractivity contribution in [2.45, 2.75) is 6.04 Å². The number of nitrogens with zero attached hydrogens (tertiary/aromatic N) is 4. The quantitative estimate of drug-likeness (QED) is 0.555. The van der Waals surface area contributed by atoms with Gasteiger partial charge in [0.25, 0.3) is 0 Å². The van der Waals surface area contributed by atoms with E-state index in [1.54, 1.807) is 36.7 Å². The summed E-state index contributed by atoms with van der Waals surface area (Å²) >= 11 is 0. The molecule has 2 heterocycles. The van der Waals surface area contributed by atoms with Crippen LogP contribution in [-0.4, -0.2) is 54.4 Å². The standard InChI is InChI=1S/C26H26N6O2/c27-17-20-7-4-5-11-23(20)30-26(34)25(33)29-19-24(21-8-6-12-28-18-21)32-15-13-31(14-16-32)22-9-2-1-3-10-22/h1-12,18,24H,13-16,19H2,(H,29,33)(H,30,34)/t24-/m0/s1. The molecule has 0 bridgehead atoms. The molecule has 1 aliphatic heterocycles. The molecule has 2 N–H and O–H groups in total. The summed E-state index contributed by atoms with van der Waals surface area (Å²) in [5.41, 5.74) is 2.79. The molecule has 0 saturated carbocycles. The fourth-order valence-electron chi connectivity index (χ4n) is 4.10. The smallest absolute Gasteiger partial charge is 0.313 e. The van der Waals surface area contributed by atoms with E-state index in [1.807, 2.05) is 36.4 Å². The summed E-state index contributed by atoms with van der Waals surface area (Å²) in [6, 6.07) is 22.6. The van der Waals surface area contributed by atoms with Gasteiger partial charge in [-0.15, -0.1) is 0 Å². The van der Waals surface area contributed by atoms with Crippen molar-refractivity contribution >= 4 is 23.2 Å². The van der Waals surface area contributed by atoms with Crippen LogP contribution in [0.5, 0.6) is 0 Å². The highest BCUT2D eigenvalue weighted by Gasteiger charge is 2.27.